The van der Waals surface area contributed by atoms with Crippen LogP contribution in [0.5, 0.6) is 16.7 Å². The number of benzene rings is 1. The van der Waals surface area contributed by atoms with Gasteiger partial charge in [0.25, 0.3) is 5.19 Å². The molecule has 0 saturated heterocycles. The second kappa shape index (κ2) is 4.39. The van der Waals surface area contributed by atoms with E-state index < -0.39 is 11.6 Å². The number of ether oxygens (including phenoxy) is 1. The summed E-state index contributed by atoms with van der Waals surface area (Å²) in [5.41, 5.74) is 0. The Morgan fingerprint density at radius 3 is 2.81 bits per heavy atom. The summed E-state index contributed by atoms with van der Waals surface area (Å²) >= 11 is 4.36. The van der Waals surface area contributed by atoms with Crippen molar-refractivity contribution in [3.05, 3.63) is 33.5 Å². The number of nitrogens with zero attached hydrogens (tertiary/aromatic N) is 1. The van der Waals surface area contributed by atoms with Crippen molar-refractivity contribution in [2.45, 2.75) is 6.92 Å². The van der Waals surface area contributed by atoms with E-state index in [0.717, 1.165) is 4.88 Å². The lowest BCUT2D eigenvalue weighted by atomic mass is 10.3. The van der Waals surface area contributed by atoms with E-state index in [1.165, 1.54) is 23.5 Å². The molecule has 0 aliphatic rings. The van der Waals surface area contributed by atoms with Crippen molar-refractivity contribution in [3.63, 3.8) is 0 Å². The lowest BCUT2D eigenvalue weighted by molar-refractivity contribution is 0.419. The third-order valence-corrected chi connectivity index (χ3v) is 3.16. The highest BCUT2D eigenvalue weighted by atomic mass is 79.9. The second-order valence-electron chi connectivity index (χ2n) is 3.08. The van der Waals surface area contributed by atoms with Crippen molar-refractivity contribution in [2.24, 2.45) is 0 Å². The summed E-state index contributed by atoms with van der Waals surface area (Å²) in [5.74, 6) is -0.833. The largest absolute Gasteiger partial charge is 0.505 e. The zero-order valence-electron chi connectivity index (χ0n) is 8.20. The van der Waals surface area contributed by atoms with Crippen LogP contribution in [0.1, 0.15) is 4.88 Å². The normalized spacial score (nSPS) is 10.4. The molecule has 3 nitrogen and oxygen atoms in total. The average molecular weight is 304 g/mol. The Kier molecular flexibility index (Phi) is 3.11. The predicted molar refractivity (Wildman–Crippen MR) is 62.7 cm³/mol. The number of aromatic nitrogens is 1. The van der Waals surface area contributed by atoms with Gasteiger partial charge in [0.05, 0.1) is 4.47 Å². The van der Waals surface area contributed by atoms with Crippen LogP contribution in [0.3, 0.4) is 0 Å². The topological polar surface area (TPSA) is 42.4 Å². The van der Waals surface area contributed by atoms with Crippen molar-refractivity contribution in [3.8, 4) is 16.7 Å². The first-order valence-electron chi connectivity index (χ1n) is 4.34. The Hall–Kier alpha value is -1.14. The van der Waals surface area contributed by atoms with Crippen LogP contribution in [0.25, 0.3) is 0 Å². The summed E-state index contributed by atoms with van der Waals surface area (Å²) in [7, 11) is 0. The standard InChI is InChI=1S/C10H7BrFNO2S/c1-5-4-13-10(16-5)15-6-2-7(11)9(12)8(14)3-6/h2-4,14H,1H3. The van der Waals surface area contributed by atoms with E-state index in [0.29, 0.717) is 10.9 Å². The molecule has 0 saturated carbocycles. The number of thiazole rings is 1. The van der Waals surface area contributed by atoms with Crippen molar-refractivity contribution in [1.29, 1.82) is 0 Å². The van der Waals surface area contributed by atoms with E-state index in [4.69, 9.17) is 4.74 Å². The number of aromatic hydroxyl groups is 1. The lowest BCUT2D eigenvalue weighted by Crippen LogP contribution is -1.85. The molecule has 0 bridgehead atoms. The van der Waals surface area contributed by atoms with Gasteiger partial charge in [0.1, 0.15) is 5.75 Å². The summed E-state index contributed by atoms with van der Waals surface area (Å²) in [6.07, 6.45) is 1.68. The molecule has 0 fully saturated rings. The number of aryl methyl sites for hydroxylation is 1. The molecule has 0 radical (unpaired) electrons. The molecule has 2 rings (SSSR count). The van der Waals surface area contributed by atoms with Gasteiger partial charge >= 0.3 is 0 Å². The molecule has 1 aromatic heterocycles. The van der Waals surface area contributed by atoms with Gasteiger partial charge in [-0.25, -0.2) is 9.37 Å². The summed E-state index contributed by atoms with van der Waals surface area (Å²) in [4.78, 5) is 5.01. The number of phenolic OH excluding ortho intramolecular Hbond substituents is 1. The Morgan fingerprint density at radius 1 is 1.50 bits per heavy atom. The molecule has 0 aliphatic carbocycles. The first-order valence-corrected chi connectivity index (χ1v) is 5.95. The predicted octanol–water partition coefficient (Wildman–Crippen LogP) is 3.85. The van der Waals surface area contributed by atoms with Crippen molar-refractivity contribution >= 4 is 27.3 Å². The first-order chi connectivity index (χ1) is 7.56. The summed E-state index contributed by atoms with van der Waals surface area (Å²) in [6, 6.07) is 2.64. The molecule has 0 aliphatic heterocycles. The van der Waals surface area contributed by atoms with E-state index in [9.17, 15) is 9.50 Å². The van der Waals surface area contributed by atoms with Crippen LogP contribution in [0.4, 0.5) is 4.39 Å². The molecule has 1 aromatic carbocycles. The molecule has 1 heterocycles. The molecule has 1 N–H and O–H groups in total. The van der Waals surface area contributed by atoms with E-state index in [-0.39, 0.29) is 4.47 Å². The SMILES string of the molecule is Cc1cnc(Oc2cc(O)c(F)c(Br)c2)s1. The Morgan fingerprint density at radius 2 is 2.25 bits per heavy atom. The number of hydrogen-bond acceptors (Lipinski definition) is 4. The minimum atomic E-state index is -0.706. The van der Waals surface area contributed by atoms with Crippen LogP contribution >= 0.6 is 27.3 Å². The molecule has 84 valence electrons. The van der Waals surface area contributed by atoms with E-state index in [1.807, 2.05) is 6.92 Å². The number of halogens is 2. The molecule has 0 amide bonds. The Balaban J connectivity index is 2.28. The maximum atomic E-state index is 13.1. The lowest BCUT2D eigenvalue weighted by Gasteiger charge is -2.04. The van der Waals surface area contributed by atoms with Crippen molar-refractivity contribution in [2.75, 3.05) is 0 Å². The van der Waals surface area contributed by atoms with Crippen LogP contribution in [0, 0.1) is 12.7 Å². The zero-order chi connectivity index (χ0) is 11.7. The highest BCUT2D eigenvalue weighted by molar-refractivity contribution is 9.10. The van der Waals surface area contributed by atoms with E-state index >= 15 is 0 Å². The summed E-state index contributed by atoms with van der Waals surface area (Å²) in [5, 5.41) is 9.72. The molecule has 2 aromatic rings. The number of hydrogen-bond donors (Lipinski definition) is 1. The quantitative estimate of drug-likeness (QED) is 0.916. The van der Waals surface area contributed by atoms with Crippen LogP contribution in [-0.2, 0) is 0 Å². The van der Waals surface area contributed by atoms with Crippen molar-refractivity contribution in [1.82, 2.24) is 4.98 Å². The highest BCUT2D eigenvalue weighted by Crippen LogP contribution is 2.33. The third-order valence-electron chi connectivity index (χ3n) is 1.79. The monoisotopic (exact) mass is 303 g/mol. The zero-order valence-corrected chi connectivity index (χ0v) is 10.6. The van der Waals surface area contributed by atoms with E-state index in [1.54, 1.807) is 6.20 Å². The van der Waals surface area contributed by atoms with Gasteiger partial charge in [-0.3, -0.25) is 0 Å². The van der Waals surface area contributed by atoms with Crippen LogP contribution < -0.4 is 4.74 Å². The molecule has 0 spiro atoms. The Bertz CT molecular complexity index is 506. The maximum absolute atomic E-state index is 13.1. The van der Waals surface area contributed by atoms with Crippen LogP contribution in [-0.4, -0.2) is 10.1 Å². The fraction of sp³-hybridized carbons (Fsp3) is 0.100. The minimum absolute atomic E-state index is 0.149. The fourth-order valence-electron chi connectivity index (χ4n) is 1.09. The van der Waals surface area contributed by atoms with Gasteiger partial charge in [-0.15, -0.1) is 0 Å². The average Bonchev–Trinajstić information content (AvgIpc) is 2.60. The molecule has 0 atom stereocenters. The number of rotatable bonds is 2. The molecular formula is C10H7BrFNO2S. The highest BCUT2D eigenvalue weighted by Gasteiger charge is 2.10. The van der Waals surface area contributed by atoms with Gasteiger partial charge < -0.3 is 9.84 Å². The van der Waals surface area contributed by atoms with Crippen molar-refractivity contribution < 1.29 is 14.2 Å². The fourth-order valence-corrected chi connectivity index (χ4v) is 2.14. The first kappa shape index (κ1) is 11.3. The van der Waals surface area contributed by atoms with Gasteiger partial charge in [-0.1, -0.05) is 11.3 Å². The van der Waals surface area contributed by atoms with Crippen LogP contribution in [0.2, 0.25) is 0 Å². The summed E-state index contributed by atoms with van der Waals surface area (Å²) in [6.45, 7) is 1.91. The molecule has 0 unspecified atom stereocenters. The molecular weight excluding hydrogens is 297 g/mol. The van der Waals surface area contributed by atoms with E-state index in [2.05, 4.69) is 20.9 Å². The van der Waals surface area contributed by atoms with Gasteiger partial charge in [0.2, 0.25) is 0 Å². The summed E-state index contributed by atoms with van der Waals surface area (Å²) < 4.78 is 18.6. The smallest absolute Gasteiger partial charge is 0.278 e. The van der Waals surface area contributed by atoms with Crippen LogP contribution in [0.15, 0.2) is 22.8 Å². The number of phenols is 1. The van der Waals surface area contributed by atoms with Gasteiger partial charge in [-0.2, -0.15) is 0 Å². The molecule has 16 heavy (non-hydrogen) atoms. The Labute approximate surface area is 104 Å². The maximum Gasteiger partial charge on any atom is 0.278 e. The van der Waals surface area contributed by atoms with Gasteiger partial charge in [0, 0.05) is 17.1 Å². The van der Waals surface area contributed by atoms with Gasteiger partial charge in [-0.05, 0) is 28.9 Å². The minimum Gasteiger partial charge on any atom is -0.505 e. The third kappa shape index (κ3) is 2.33. The second-order valence-corrected chi connectivity index (χ2v) is 5.13. The molecule has 6 heteroatoms. The van der Waals surface area contributed by atoms with Gasteiger partial charge in [0.15, 0.2) is 11.6 Å².